The maximum Gasteiger partial charge on any atom is 0.0928 e. The molecule has 4 aliphatic rings. The first-order valence-electron chi connectivity index (χ1n) is 10.2. The van der Waals surface area contributed by atoms with Crippen molar-refractivity contribution < 1.29 is 4.39 Å². The van der Waals surface area contributed by atoms with Crippen molar-refractivity contribution in [3.8, 4) is 0 Å². The van der Waals surface area contributed by atoms with E-state index in [1.54, 1.807) is 0 Å². The lowest BCUT2D eigenvalue weighted by Gasteiger charge is -2.61. The van der Waals surface area contributed by atoms with Gasteiger partial charge in [-0.05, 0) is 66.6 Å². The average Bonchev–Trinajstić information content (AvgIpc) is 3.13. The highest BCUT2D eigenvalue weighted by Crippen LogP contribution is 2.77. The molecule has 4 fully saturated rings. The van der Waals surface area contributed by atoms with Gasteiger partial charge in [0.25, 0.3) is 0 Å². The maximum atomic E-state index is 13.4. The van der Waals surface area contributed by atoms with Crippen LogP contribution < -0.4 is 0 Å². The van der Waals surface area contributed by atoms with E-state index >= 15 is 0 Å². The topological polar surface area (TPSA) is 0 Å². The molecule has 6 unspecified atom stereocenters. The van der Waals surface area contributed by atoms with Crippen molar-refractivity contribution in [2.24, 2.45) is 34.5 Å². The van der Waals surface area contributed by atoms with E-state index in [1.807, 2.05) is 0 Å². The molecule has 128 valence electrons. The first-order chi connectivity index (χ1) is 10.6. The van der Waals surface area contributed by atoms with E-state index in [4.69, 9.17) is 0 Å². The predicted octanol–water partition coefficient (Wildman–Crippen LogP) is 6.79. The van der Waals surface area contributed by atoms with Crippen LogP contribution in [0.3, 0.4) is 0 Å². The van der Waals surface area contributed by atoms with Crippen LogP contribution in [-0.2, 0) is 0 Å². The Bertz CT molecular complexity index is 378. The zero-order valence-electron chi connectivity index (χ0n) is 15.2. The van der Waals surface area contributed by atoms with Crippen LogP contribution in [-0.4, -0.2) is 6.67 Å². The molecule has 22 heavy (non-hydrogen) atoms. The first-order valence-corrected chi connectivity index (χ1v) is 10.2. The van der Waals surface area contributed by atoms with Crippen molar-refractivity contribution in [1.82, 2.24) is 0 Å². The molecule has 0 saturated heterocycles. The zero-order chi connectivity index (χ0) is 15.8. The summed E-state index contributed by atoms with van der Waals surface area (Å²) in [5.41, 5.74) is 0.857. The molecule has 2 bridgehead atoms. The van der Waals surface area contributed by atoms with Crippen LogP contribution in [0.1, 0.15) is 91.4 Å². The molecule has 6 atom stereocenters. The number of halogens is 1. The molecule has 0 aliphatic heterocycles. The number of alkyl halides is 1. The Kier molecular flexibility index (Phi) is 4.91. The second-order valence-electron chi connectivity index (χ2n) is 9.06. The molecule has 1 heteroatoms. The van der Waals surface area contributed by atoms with Gasteiger partial charge in [-0.3, -0.25) is 4.39 Å². The van der Waals surface area contributed by atoms with Crippen LogP contribution in [0.25, 0.3) is 0 Å². The van der Waals surface area contributed by atoms with Crippen LogP contribution in [0.2, 0.25) is 0 Å². The Morgan fingerprint density at radius 2 is 1.77 bits per heavy atom. The summed E-state index contributed by atoms with van der Waals surface area (Å²) in [6.07, 6.45) is 15.3. The lowest BCUT2D eigenvalue weighted by atomic mass is 9.43. The lowest BCUT2D eigenvalue weighted by molar-refractivity contribution is -0.131. The summed E-state index contributed by atoms with van der Waals surface area (Å²) >= 11 is 0. The lowest BCUT2D eigenvalue weighted by Crippen LogP contribution is -2.55. The molecule has 0 aromatic rings. The average molecular weight is 309 g/mol. The Morgan fingerprint density at radius 3 is 2.41 bits per heavy atom. The first kappa shape index (κ1) is 16.8. The molecule has 0 aromatic heterocycles. The predicted molar refractivity (Wildman–Crippen MR) is 92.6 cm³/mol. The van der Waals surface area contributed by atoms with Crippen LogP contribution in [0.4, 0.5) is 4.39 Å². The van der Waals surface area contributed by atoms with E-state index in [0.717, 1.165) is 17.8 Å². The van der Waals surface area contributed by atoms with E-state index < -0.39 is 0 Å². The van der Waals surface area contributed by atoms with Crippen molar-refractivity contribution in [2.75, 3.05) is 6.67 Å². The van der Waals surface area contributed by atoms with Crippen molar-refractivity contribution in [3.05, 3.63) is 0 Å². The van der Waals surface area contributed by atoms with Gasteiger partial charge >= 0.3 is 0 Å². The summed E-state index contributed by atoms with van der Waals surface area (Å²) in [5.74, 6) is 3.19. The quantitative estimate of drug-likeness (QED) is 0.507. The van der Waals surface area contributed by atoms with E-state index in [-0.39, 0.29) is 6.67 Å². The second kappa shape index (κ2) is 6.44. The van der Waals surface area contributed by atoms with Crippen LogP contribution in [0.5, 0.6) is 0 Å². The summed E-state index contributed by atoms with van der Waals surface area (Å²) in [6.45, 7) is 7.07. The summed E-state index contributed by atoms with van der Waals surface area (Å²) in [5, 5.41) is 0. The van der Waals surface area contributed by atoms with Gasteiger partial charge in [-0.1, -0.05) is 59.3 Å². The maximum absolute atomic E-state index is 13.4. The second-order valence-corrected chi connectivity index (χ2v) is 9.06. The number of fused-ring (bicyclic) bond motifs is 5. The fourth-order valence-corrected chi connectivity index (χ4v) is 6.91. The van der Waals surface area contributed by atoms with E-state index in [9.17, 15) is 4.39 Å². The monoisotopic (exact) mass is 308 g/mol. The summed E-state index contributed by atoms with van der Waals surface area (Å²) in [4.78, 5) is 0. The highest BCUT2D eigenvalue weighted by molar-refractivity contribution is 5.19. The molecule has 0 heterocycles. The van der Waals surface area contributed by atoms with Crippen LogP contribution >= 0.6 is 0 Å². The molecule has 4 rings (SSSR count). The minimum Gasteiger partial charge on any atom is -0.251 e. The molecule has 0 aromatic carbocycles. The van der Waals surface area contributed by atoms with Gasteiger partial charge in [-0.15, -0.1) is 0 Å². The van der Waals surface area contributed by atoms with Crippen LogP contribution in [0, 0.1) is 34.5 Å². The fraction of sp³-hybridized carbons (Fsp3) is 1.00. The van der Waals surface area contributed by atoms with E-state index in [2.05, 4.69) is 20.8 Å². The Morgan fingerprint density at radius 1 is 1.00 bits per heavy atom. The van der Waals surface area contributed by atoms with Crippen molar-refractivity contribution in [2.45, 2.75) is 91.4 Å². The van der Waals surface area contributed by atoms with E-state index in [0.29, 0.717) is 16.7 Å². The highest BCUT2D eigenvalue weighted by atomic mass is 19.1. The summed E-state index contributed by atoms with van der Waals surface area (Å²) in [6, 6.07) is 0. The molecule has 0 nitrogen and oxygen atoms in total. The van der Waals surface area contributed by atoms with E-state index in [1.165, 1.54) is 70.6 Å². The van der Waals surface area contributed by atoms with Gasteiger partial charge in [0.2, 0.25) is 0 Å². The third-order valence-corrected chi connectivity index (χ3v) is 8.14. The molecule has 0 amide bonds. The number of hydrogen-bond acceptors (Lipinski definition) is 0. The van der Waals surface area contributed by atoms with Gasteiger partial charge in [0.05, 0.1) is 6.67 Å². The minimum absolute atomic E-state index is 0.0696. The molecule has 4 saturated carbocycles. The van der Waals surface area contributed by atoms with Gasteiger partial charge in [-0.25, -0.2) is 0 Å². The largest absolute Gasteiger partial charge is 0.251 e. The van der Waals surface area contributed by atoms with Crippen molar-refractivity contribution in [1.29, 1.82) is 0 Å². The molecule has 0 spiro atoms. The number of rotatable bonds is 6. The third-order valence-electron chi connectivity index (χ3n) is 8.14. The summed E-state index contributed by atoms with van der Waals surface area (Å²) in [7, 11) is 0. The Hall–Kier alpha value is -0.0700. The van der Waals surface area contributed by atoms with Crippen molar-refractivity contribution >= 4 is 0 Å². The smallest absolute Gasteiger partial charge is 0.0928 e. The van der Waals surface area contributed by atoms with Gasteiger partial charge in [-0.2, -0.15) is 0 Å². The van der Waals surface area contributed by atoms with Gasteiger partial charge in [0, 0.05) is 0 Å². The molecule has 0 radical (unpaired) electrons. The number of hydrogen-bond donors (Lipinski definition) is 0. The minimum atomic E-state index is -0.0696. The Labute approximate surface area is 137 Å². The zero-order valence-corrected chi connectivity index (χ0v) is 15.2. The van der Waals surface area contributed by atoms with Crippen LogP contribution in [0.15, 0.2) is 0 Å². The van der Waals surface area contributed by atoms with Gasteiger partial charge < -0.3 is 0 Å². The SMILES string of the molecule is CCCC1CCCC2CC(CC1)C2(CCC)C1(C)CC1CF. The normalized spacial score (nSPS) is 48.0. The Balaban J connectivity index is 1.79. The molecular weight excluding hydrogens is 271 g/mol. The summed E-state index contributed by atoms with van der Waals surface area (Å²) < 4.78 is 13.4. The molecule has 0 N–H and O–H groups in total. The standard InChI is InChI=1S/C21H37F/c1-4-7-16-8-6-9-17-13-18(11-10-16)21(17,12-5-2)20(3)14-19(20)15-22/h16-19H,4-15H2,1-3H3. The molecule has 4 aliphatic carbocycles. The van der Waals surface area contributed by atoms with Gasteiger partial charge in [0.1, 0.15) is 0 Å². The van der Waals surface area contributed by atoms with Crippen molar-refractivity contribution in [3.63, 3.8) is 0 Å². The highest BCUT2D eigenvalue weighted by Gasteiger charge is 2.70. The third kappa shape index (κ3) is 2.46. The molecular formula is C21H37F. The fourth-order valence-electron chi connectivity index (χ4n) is 6.91. The van der Waals surface area contributed by atoms with Gasteiger partial charge in [0.15, 0.2) is 0 Å².